The SMILES string of the molecule is CCOC(=O)CC(=O)N(C)C(C)(C(=O)N1CCCC1)c1ccc2[nH]c(=O)cnc2c1. The molecule has 9 heteroatoms. The molecule has 2 aromatic rings. The van der Waals surface area contributed by atoms with Crippen molar-refractivity contribution in [2.75, 3.05) is 26.7 Å². The van der Waals surface area contributed by atoms with E-state index in [1.54, 1.807) is 36.9 Å². The Morgan fingerprint density at radius 2 is 1.97 bits per heavy atom. The van der Waals surface area contributed by atoms with Crippen LogP contribution in [0.3, 0.4) is 0 Å². The summed E-state index contributed by atoms with van der Waals surface area (Å²) < 4.78 is 4.88. The smallest absolute Gasteiger partial charge is 0.315 e. The zero-order chi connectivity index (χ0) is 21.9. The first-order valence-electron chi connectivity index (χ1n) is 9.98. The van der Waals surface area contributed by atoms with Gasteiger partial charge >= 0.3 is 5.97 Å². The van der Waals surface area contributed by atoms with E-state index in [1.807, 2.05) is 0 Å². The Kier molecular flexibility index (Phi) is 6.19. The van der Waals surface area contributed by atoms with Crippen molar-refractivity contribution < 1.29 is 19.1 Å². The van der Waals surface area contributed by atoms with Gasteiger partial charge in [-0.2, -0.15) is 0 Å². The Balaban J connectivity index is 2.04. The molecule has 1 N–H and O–H groups in total. The highest BCUT2D eigenvalue weighted by Crippen LogP contribution is 2.33. The van der Waals surface area contributed by atoms with Crippen LogP contribution in [0, 0.1) is 0 Å². The Hall–Kier alpha value is -3.23. The lowest BCUT2D eigenvalue weighted by Crippen LogP contribution is -2.56. The number of nitrogens with zero attached hydrogens (tertiary/aromatic N) is 3. The van der Waals surface area contributed by atoms with Crippen molar-refractivity contribution in [1.82, 2.24) is 19.8 Å². The van der Waals surface area contributed by atoms with Crippen molar-refractivity contribution in [1.29, 1.82) is 0 Å². The summed E-state index contributed by atoms with van der Waals surface area (Å²) >= 11 is 0. The van der Waals surface area contributed by atoms with Crippen LogP contribution in [0.4, 0.5) is 0 Å². The Labute approximate surface area is 174 Å². The molecular weight excluding hydrogens is 388 g/mol. The average molecular weight is 414 g/mol. The van der Waals surface area contributed by atoms with Crippen LogP contribution in [-0.4, -0.2) is 64.3 Å². The largest absolute Gasteiger partial charge is 0.466 e. The van der Waals surface area contributed by atoms with Crippen molar-refractivity contribution >= 4 is 28.8 Å². The monoisotopic (exact) mass is 414 g/mol. The zero-order valence-electron chi connectivity index (χ0n) is 17.4. The molecule has 1 aliphatic rings. The fraction of sp³-hybridized carbons (Fsp3) is 0.476. The number of nitrogens with one attached hydrogen (secondary N) is 1. The summed E-state index contributed by atoms with van der Waals surface area (Å²) in [6.45, 7) is 4.75. The number of likely N-dealkylation sites (tertiary alicyclic amines) is 1. The molecule has 0 saturated carbocycles. The lowest BCUT2D eigenvalue weighted by molar-refractivity contribution is -0.156. The molecule has 0 radical (unpaired) electrons. The minimum atomic E-state index is -1.35. The van der Waals surface area contributed by atoms with Gasteiger partial charge in [-0.05, 0) is 44.4 Å². The minimum Gasteiger partial charge on any atom is -0.466 e. The lowest BCUT2D eigenvalue weighted by Gasteiger charge is -2.40. The molecule has 2 heterocycles. The Bertz CT molecular complexity index is 1030. The second-order valence-corrected chi connectivity index (χ2v) is 7.49. The van der Waals surface area contributed by atoms with Gasteiger partial charge in [0.05, 0.1) is 23.8 Å². The van der Waals surface area contributed by atoms with Crippen LogP contribution < -0.4 is 5.56 Å². The van der Waals surface area contributed by atoms with Gasteiger partial charge in [0.25, 0.3) is 11.5 Å². The number of benzene rings is 1. The van der Waals surface area contributed by atoms with Gasteiger partial charge in [-0.25, -0.2) is 4.98 Å². The summed E-state index contributed by atoms with van der Waals surface area (Å²) in [5.41, 5.74) is -0.0968. The molecule has 2 amide bonds. The fourth-order valence-corrected chi connectivity index (χ4v) is 3.73. The highest BCUT2D eigenvalue weighted by Gasteiger charge is 2.45. The van der Waals surface area contributed by atoms with Crippen molar-refractivity contribution in [2.45, 2.75) is 38.6 Å². The first-order valence-corrected chi connectivity index (χ1v) is 9.98. The quantitative estimate of drug-likeness (QED) is 0.561. The van der Waals surface area contributed by atoms with E-state index in [2.05, 4.69) is 9.97 Å². The van der Waals surface area contributed by atoms with Gasteiger partial charge in [0.15, 0.2) is 0 Å². The van der Waals surface area contributed by atoms with E-state index in [9.17, 15) is 19.2 Å². The van der Waals surface area contributed by atoms with Crippen LogP contribution in [0.2, 0.25) is 0 Å². The number of likely N-dealkylation sites (N-methyl/N-ethyl adjacent to an activating group) is 1. The van der Waals surface area contributed by atoms with Crippen molar-refractivity contribution in [3.05, 3.63) is 40.3 Å². The fourth-order valence-electron chi connectivity index (χ4n) is 3.73. The number of aromatic amines is 1. The maximum Gasteiger partial charge on any atom is 0.315 e. The number of amides is 2. The molecule has 1 saturated heterocycles. The van der Waals surface area contributed by atoms with E-state index in [-0.39, 0.29) is 18.1 Å². The number of carbonyl (C=O) groups excluding carboxylic acids is 3. The topological polar surface area (TPSA) is 113 Å². The molecule has 1 aliphatic heterocycles. The number of H-pyrrole nitrogens is 1. The molecular formula is C21H26N4O5. The molecule has 30 heavy (non-hydrogen) atoms. The van der Waals surface area contributed by atoms with Crippen molar-refractivity contribution in [3.63, 3.8) is 0 Å². The molecule has 1 fully saturated rings. The number of ether oxygens (including phenoxy) is 1. The predicted molar refractivity (Wildman–Crippen MR) is 110 cm³/mol. The standard InChI is InChI=1S/C21H26N4O5/c1-4-30-19(28)12-18(27)24(3)21(2,20(29)25-9-5-6-10-25)14-7-8-15-16(11-14)22-13-17(26)23-15/h7-8,11,13H,4-6,9-10,12H2,1-3H3,(H,23,26). The molecule has 160 valence electrons. The number of esters is 1. The molecule has 1 aromatic heterocycles. The molecule has 9 nitrogen and oxygen atoms in total. The van der Waals surface area contributed by atoms with Gasteiger partial charge in [-0.3, -0.25) is 19.2 Å². The second-order valence-electron chi connectivity index (χ2n) is 7.49. The van der Waals surface area contributed by atoms with E-state index in [0.29, 0.717) is 29.7 Å². The molecule has 3 rings (SSSR count). The number of rotatable bonds is 6. The molecule has 0 bridgehead atoms. The van der Waals surface area contributed by atoms with Gasteiger partial charge in [0, 0.05) is 20.1 Å². The van der Waals surface area contributed by atoms with Crippen LogP contribution in [-0.2, 0) is 24.7 Å². The van der Waals surface area contributed by atoms with Gasteiger partial charge in [0.2, 0.25) is 5.91 Å². The predicted octanol–water partition coefficient (Wildman–Crippen LogP) is 1.17. The number of hydrogen-bond donors (Lipinski definition) is 1. The van der Waals surface area contributed by atoms with Crippen molar-refractivity contribution in [3.8, 4) is 0 Å². The zero-order valence-corrected chi connectivity index (χ0v) is 17.4. The summed E-state index contributed by atoms with van der Waals surface area (Å²) in [6.07, 6.45) is 2.53. The van der Waals surface area contributed by atoms with Crippen molar-refractivity contribution in [2.24, 2.45) is 0 Å². The molecule has 1 atom stereocenters. The van der Waals surface area contributed by atoms with Gasteiger partial charge < -0.3 is 19.5 Å². The van der Waals surface area contributed by atoms with Crippen LogP contribution in [0.15, 0.2) is 29.2 Å². The first-order chi connectivity index (χ1) is 14.3. The van der Waals surface area contributed by atoms with Gasteiger partial charge in [0.1, 0.15) is 12.0 Å². The minimum absolute atomic E-state index is 0.175. The Morgan fingerprint density at radius 3 is 2.63 bits per heavy atom. The van der Waals surface area contributed by atoms with E-state index in [4.69, 9.17) is 4.74 Å². The highest BCUT2D eigenvalue weighted by molar-refractivity contribution is 5.98. The van der Waals surface area contributed by atoms with E-state index in [0.717, 1.165) is 12.8 Å². The third kappa shape index (κ3) is 4.05. The Morgan fingerprint density at radius 1 is 1.27 bits per heavy atom. The summed E-state index contributed by atoms with van der Waals surface area (Å²) in [5, 5.41) is 0. The number of carbonyl (C=O) groups is 3. The van der Waals surface area contributed by atoms with E-state index >= 15 is 0 Å². The number of hydrogen-bond acceptors (Lipinski definition) is 6. The van der Waals surface area contributed by atoms with Crippen LogP contribution >= 0.6 is 0 Å². The molecule has 1 aromatic carbocycles. The van der Waals surface area contributed by atoms with Gasteiger partial charge in [-0.1, -0.05) is 6.07 Å². The average Bonchev–Trinajstić information content (AvgIpc) is 3.26. The van der Waals surface area contributed by atoms with E-state index < -0.39 is 23.8 Å². The molecule has 0 spiro atoms. The van der Waals surface area contributed by atoms with Crippen LogP contribution in [0.1, 0.15) is 38.7 Å². The second kappa shape index (κ2) is 8.64. The first kappa shape index (κ1) is 21.5. The van der Waals surface area contributed by atoms with Crippen LogP contribution in [0.25, 0.3) is 11.0 Å². The maximum absolute atomic E-state index is 13.6. The number of fused-ring (bicyclic) bond motifs is 1. The molecule has 1 unspecified atom stereocenters. The van der Waals surface area contributed by atoms with E-state index in [1.165, 1.54) is 18.1 Å². The summed E-state index contributed by atoms with van der Waals surface area (Å²) in [6, 6.07) is 5.05. The number of aromatic nitrogens is 2. The summed E-state index contributed by atoms with van der Waals surface area (Å²) in [7, 11) is 1.51. The van der Waals surface area contributed by atoms with Crippen LogP contribution in [0.5, 0.6) is 0 Å². The summed E-state index contributed by atoms with van der Waals surface area (Å²) in [5.74, 6) is -1.37. The summed E-state index contributed by atoms with van der Waals surface area (Å²) in [4.78, 5) is 59.7. The third-order valence-corrected chi connectivity index (χ3v) is 5.59. The van der Waals surface area contributed by atoms with Gasteiger partial charge in [-0.15, -0.1) is 0 Å². The maximum atomic E-state index is 13.6. The highest BCUT2D eigenvalue weighted by atomic mass is 16.5. The molecule has 0 aliphatic carbocycles. The third-order valence-electron chi connectivity index (χ3n) is 5.59. The lowest BCUT2D eigenvalue weighted by atomic mass is 9.87. The normalized spacial score (nSPS) is 15.6.